The fraction of sp³-hybridized carbons (Fsp3) is 0.133. The van der Waals surface area contributed by atoms with Crippen molar-refractivity contribution in [3.8, 4) is 5.75 Å². The van der Waals surface area contributed by atoms with Crippen LogP contribution in [-0.2, 0) is 0 Å². The summed E-state index contributed by atoms with van der Waals surface area (Å²) >= 11 is 12.0. The Hall–Kier alpha value is -1.51. The average Bonchev–Trinajstić information content (AvgIpc) is 2.42. The number of aliphatic imine (C=N–C) groups is 1. The molecule has 19 heavy (non-hydrogen) atoms. The van der Waals surface area contributed by atoms with Gasteiger partial charge in [0.05, 0.1) is 17.3 Å². The average molecular weight is 294 g/mol. The molecule has 2 aromatic rings. The number of hydrogen-bond donors (Lipinski definition) is 0. The molecule has 0 N–H and O–H groups in total. The quantitative estimate of drug-likeness (QED) is 0.715. The zero-order chi connectivity index (χ0) is 13.7. The fourth-order valence-corrected chi connectivity index (χ4v) is 1.93. The predicted molar refractivity (Wildman–Crippen MR) is 81.3 cm³/mol. The molecule has 0 heterocycles. The summed E-state index contributed by atoms with van der Waals surface area (Å²) in [5, 5.41) is 1.17. The first kappa shape index (κ1) is 13.9. The Balaban J connectivity index is 2.29. The van der Waals surface area contributed by atoms with Crippen LogP contribution < -0.4 is 4.74 Å². The first-order valence-electron chi connectivity index (χ1n) is 5.91. The predicted octanol–water partition coefficient (Wildman–Crippen LogP) is 5.14. The van der Waals surface area contributed by atoms with Crippen molar-refractivity contribution >= 4 is 35.1 Å². The number of hydrogen-bond acceptors (Lipinski definition) is 2. The summed E-state index contributed by atoms with van der Waals surface area (Å²) in [4.78, 5) is 4.36. The molecule has 0 radical (unpaired) electrons. The topological polar surface area (TPSA) is 21.6 Å². The molecule has 4 heteroatoms. The van der Waals surface area contributed by atoms with Crippen LogP contribution in [0.4, 0.5) is 5.69 Å². The van der Waals surface area contributed by atoms with E-state index in [1.54, 1.807) is 24.4 Å². The highest BCUT2D eigenvalue weighted by atomic mass is 35.5. The number of benzene rings is 2. The molecule has 2 rings (SSSR count). The van der Waals surface area contributed by atoms with Crippen molar-refractivity contribution in [3.63, 3.8) is 0 Å². The molecule has 98 valence electrons. The summed E-state index contributed by atoms with van der Waals surface area (Å²) < 4.78 is 5.53. The lowest BCUT2D eigenvalue weighted by molar-refractivity contribution is 0.340. The molecule has 0 aliphatic rings. The van der Waals surface area contributed by atoms with Crippen molar-refractivity contribution in [3.05, 3.63) is 58.1 Å². The van der Waals surface area contributed by atoms with Crippen LogP contribution in [0.25, 0.3) is 0 Å². The van der Waals surface area contributed by atoms with Crippen LogP contribution >= 0.6 is 23.2 Å². The molecular formula is C15H13Cl2NO. The highest BCUT2D eigenvalue weighted by Gasteiger charge is 2.01. The van der Waals surface area contributed by atoms with Crippen molar-refractivity contribution in [2.24, 2.45) is 4.99 Å². The zero-order valence-corrected chi connectivity index (χ0v) is 11.9. The van der Waals surface area contributed by atoms with E-state index in [4.69, 9.17) is 27.9 Å². The molecule has 0 saturated heterocycles. The van der Waals surface area contributed by atoms with Crippen LogP contribution in [0, 0.1) is 0 Å². The number of halogens is 2. The SMILES string of the molecule is CCOc1ccccc1C=Nc1cc(Cl)ccc1Cl. The van der Waals surface area contributed by atoms with E-state index in [0.29, 0.717) is 22.3 Å². The minimum atomic E-state index is 0.564. The second-order valence-electron chi connectivity index (χ2n) is 3.82. The second kappa shape index (κ2) is 6.60. The van der Waals surface area contributed by atoms with Gasteiger partial charge in [-0.15, -0.1) is 0 Å². The van der Waals surface area contributed by atoms with Crippen LogP contribution in [-0.4, -0.2) is 12.8 Å². The lowest BCUT2D eigenvalue weighted by Crippen LogP contribution is -1.95. The first-order valence-corrected chi connectivity index (χ1v) is 6.67. The largest absolute Gasteiger partial charge is 0.493 e. The molecular weight excluding hydrogens is 281 g/mol. The molecule has 0 spiro atoms. The van der Waals surface area contributed by atoms with Gasteiger partial charge in [0.15, 0.2) is 0 Å². The van der Waals surface area contributed by atoms with Crippen LogP contribution in [0.2, 0.25) is 10.0 Å². The number of nitrogens with zero attached hydrogens (tertiary/aromatic N) is 1. The van der Waals surface area contributed by atoms with E-state index in [1.165, 1.54) is 0 Å². The summed E-state index contributed by atoms with van der Waals surface area (Å²) in [6.07, 6.45) is 1.72. The van der Waals surface area contributed by atoms with Crippen LogP contribution in [0.5, 0.6) is 5.75 Å². The summed E-state index contributed by atoms with van der Waals surface area (Å²) in [7, 11) is 0. The summed E-state index contributed by atoms with van der Waals surface area (Å²) in [6.45, 7) is 2.56. The molecule has 0 amide bonds. The van der Waals surface area contributed by atoms with E-state index < -0.39 is 0 Å². The highest BCUT2D eigenvalue weighted by Crippen LogP contribution is 2.28. The molecule has 0 fully saturated rings. The highest BCUT2D eigenvalue weighted by molar-refractivity contribution is 6.35. The second-order valence-corrected chi connectivity index (χ2v) is 4.67. The van der Waals surface area contributed by atoms with Crippen molar-refractivity contribution in [2.75, 3.05) is 6.61 Å². The third-order valence-electron chi connectivity index (χ3n) is 2.47. The minimum Gasteiger partial charge on any atom is -0.493 e. The molecule has 0 unspecified atom stereocenters. The summed E-state index contributed by atoms with van der Waals surface area (Å²) in [6, 6.07) is 12.9. The normalized spacial score (nSPS) is 10.9. The van der Waals surface area contributed by atoms with Gasteiger partial charge in [-0.05, 0) is 37.3 Å². The van der Waals surface area contributed by atoms with Crippen molar-refractivity contribution < 1.29 is 4.74 Å². The van der Waals surface area contributed by atoms with Gasteiger partial charge in [-0.25, -0.2) is 0 Å². The molecule has 2 nitrogen and oxygen atoms in total. The van der Waals surface area contributed by atoms with Crippen LogP contribution in [0.1, 0.15) is 12.5 Å². The monoisotopic (exact) mass is 293 g/mol. The van der Waals surface area contributed by atoms with Crippen LogP contribution in [0.3, 0.4) is 0 Å². The van der Waals surface area contributed by atoms with Gasteiger partial charge in [0.2, 0.25) is 0 Å². The van der Waals surface area contributed by atoms with Crippen molar-refractivity contribution in [1.29, 1.82) is 0 Å². The standard InChI is InChI=1S/C15H13Cl2NO/c1-2-19-15-6-4-3-5-11(15)10-18-14-9-12(16)7-8-13(14)17/h3-10H,2H2,1H3. The molecule has 0 atom stereocenters. The van der Waals surface area contributed by atoms with Gasteiger partial charge < -0.3 is 4.74 Å². The number of para-hydroxylation sites is 1. The van der Waals surface area contributed by atoms with E-state index in [9.17, 15) is 0 Å². The van der Waals surface area contributed by atoms with E-state index in [2.05, 4.69) is 4.99 Å². The van der Waals surface area contributed by atoms with Gasteiger partial charge >= 0.3 is 0 Å². The smallest absolute Gasteiger partial charge is 0.128 e. The maximum Gasteiger partial charge on any atom is 0.128 e. The van der Waals surface area contributed by atoms with Gasteiger partial charge in [-0.3, -0.25) is 4.99 Å². The fourth-order valence-electron chi connectivity index (χ4n) is 1.60. The van der Waals surface area contributed by atoms with E-state index in [-0.39, 0.29) is 0 Å². The van der Waals surface area contributed by atoms with Gasteiger partial charge in [0.25, 0.3) is 0 Å². The van der Waals surface area contributed by atoms with E-state index in [0.717, 1.165) is 11.3 Å². The molecule has 0 saturated carbocycles. The van der Waals surface area contributed by atoms with E-state index >= 15 is 0 Å². The minimum absolute atomic E-state index is 0.564. The maximum absolute atomic E-state index is 6.06. The third-order valence-corrected chi connectivity index (χ3v) is 3.02. The Kier molecular flexibility index (Phi) is 4.83. The van der Waals surface area contributed by atoms with Crippen LogP contribution in [0.15, 0.2) is 47.5 Å². The molecule has 0 aromatic heterocycles. The number of ether oxygens (including phenoxy) is 1. The zero-order valence-electron chi connectivity index (χ0n) is 10.4. The molecule has 2 aromatic carbocycles. The molecule has 0 aliphatic carbocycles. The Morgan fingerprint density at radius 2 is 1.95 bits per heavy atom. The van der Waals surface area contributed by atoms with Crippen molar-refractivity contribution in [2.45, 2.75) is 6.92 Å². The lowest BCUT2D eigenvalue weighted by atomic mass is 10.2. The Morgan fingerprint density at radius 1 is 1.16 bits per heavy atom. The molecule has 0 aliphatic heterocycles. The van der Waals surface area contributed by atoms with Gasteiger partial charge in [0.1, 0.15) is 5.75 Å². The molecule has 0 bridgehead atoms. The Morgan fingerprint density at radius 3 is 2.74 bits per heavy atom. The third kappa shape index (κ3) is 3.72. The van der Waals surface area contributed by atoms with Gasteiger partial charge in [0, 0.05) is 16.8 Å². The Bertz CT molecular complexity index is 596. The summed E-state index contributed by atoms with van der Waals surface area (Å²) in [5.41, 5.74) is 1.54. The first-order chi connectivity index (χ1) is 9.20. The Labute approximate surface area is 122 Å². The summed E-state index contributed by atoms with van der Waals surface area (Å²) in [5.74, 6) is 0.798. The number of rotatable bonds is 4. The van der Waals surface area contributed by atoms with Crippen molar-refractivity contribution in [1.82, 2.24) is 0 Å². The maximum atomic E-state index is 6.06. The van der Waals surface area contributed by atoms with E-state index in [1.807, 2.05) is 31.2 Å². The van der Waals surface area contributed by atoms with Gasteiger partial charge in [-0.2, -0.15) is 0 Å². The van der Waals surface area contributed by atoms with Gasteiger partial charge in [-0.1, -0.05) is 35.3 Å². The lowest BCUT2D eigenvalue weighted by Gasteiger charge is -2.06.